The number of rotatable bonds is 7. The van der Waals surface area contributed by atoms with E-state index in [9.17, 15) is 9.18 Å². The molecule has 4 rings (SSSR count). The first-order valence-corrected chi connectivity index (χ1v) is 11.6. The van der Waals surface area contributed by atoms with E-state index in [-0.39, 0.29) is 23.9 Å². The Bertz CT molecular complexity index is 929. The van der Waals surface area contributed by atoms with E-state index in [1.807, 2.05) is 18.2 Å². The second-order valence-corrected chi connectivity index (χ2v) is 9.23. The van der Waals surface area contributed by atoms with Gasteiger partial charge in [0.2, 0.25) is 0 Å². The van der Waals surface area contributed by atoms with E-state index in [4.69, 9.17) is 9.47 Å². The number of likely N-dealkylation sites (tertiary alicyclic amines) is 1. The molecule has 1 saturated heterocycles. The van der Waals surface area contributed by atoms with Crippen molar-refractivity contribution in [2.75, 3.05) is 25.7 Å². The lowest BCUT2D eigenvalue weighted by molar-refractivity contribution is -0.000464. The zero-order valence-electron chi connectivity index (χ0n) is 19.0. The molecule has 2 fully saturated rings. The maximum Gasteiger partial charge on any atom is 0.254 e. The molecule has 0 aromatic heterocycles. The summed E-state index contributed by atoms with van der Waals surface area (Å²) in [5, 5.41) is 3.20. The predicted octanol–water partition coefficient (Wildman–Crippen LogP) is 5.61. The molecule has 1 aliphatic carbocycles. The van der Waals surface area contributed by atoms with Gasteiger partial charge < -0.3 is 19.7 Å². The summed E-state index contributed by atoms with van der Waals surface area (Å²) < 4.78 is 24.2. The Morgan fingerprint density at radius 3 is 2.72 bits per heavy atom. The largest absolute Gasteiger partial charge is 0.495 e. The highest BCUT2D eigenvalue weighted by molar-refractivity contribution is 5.95. The molecule has 2 aliphatic rings. The number of hydrogen-bond donors (Lipinski definition) is 1. The lowest BCUT2D eigenvalue weighted by Crippen LogP contribution is -2.54. The maximum atomic E-state index is 13.4. The lowest BCUT2D eigenvalue weighted by atomic mass is 9.66. The van der Waals surface area contributed by atoms with Crippen molar-refractivity contribution in [1.82, 2.24) is 4.90 Å². The molecule has 2 aromatic carbocycles. The lowest BCUT2D eigenvalue weighted by Gasteiger charge is -2.51. The molecule has 0 spiro atoms. The van der Waals surface area contributed by atoms with Crippen LogP contribution >= 0.6 is 0 Å². The SMILES string of the molecule is COc1cc(C(=O)N2CCCC3(C)CCCCC23)ccc1NCOCc1ccc(F)cc1. The Kier molecular flexibility index (Phi) is 6.99. The maximum absolute atomic E-state index is 13.4. The number of fused-ring (bicyclic) bond motifs is 1. The van der Waals surface area contributed by atoms with E-state index in [0.717, 1.165) is 30.6 Å². The average molecular weight is 441 g/mol. The second-order valence-electron chi connectivity index (χ2n) is 9.23. The minimum absolute atomic E-state index is 0.0974. The summed E-state index contributed by atoms with van der Waals surface area (Å²) in [6.07, 6.45) is 7.07. The van der Waals surface area contributed by atoms with Gasteiger partial charge >= 0.3 is 0 Å². The van der Waals surface area contributed by atoms with Gasteiger partial charge in [-0.1, -0.05) is 31.9 Å². The Hall–Kier alpha value is -2.60. The van der Waals surface area contributed by atoms with Crippen LogP contribution < -0.4 is 10.1 Å². The molecule has 1 saturated carbocycles. The summed E-state index contributed by atoms with van der Waals surface area (Å²) in [6, 6.07) is 12.1. The monoisotopic (exact) mass is 440 g/mol. The summed E-state index contributed by atoms with van der Waals surface area (Å²) in [7, 11) is 1.60. The molecule has 1 aliphatic heterocycles. The highest BCUT2D eigenvalue weighted by atomic mass is 19.1. The quantitative estimate of drug-likeness (QED) is 0.449. The molecule has 6 heteroatoms. The standard InChI is InChI=1S/C26H33FN2O3/c1-26-13-4-3-6-24(26)29(15-5-14-26)25(30)20-9-12-22(23(16-20)31-2)28-18-32-17-19-7-10-21(27)11-8-19/h7-12,16,24,28H,3-6,13-15,17-18H2,1-2H3. The van der Waals surface area contributed by atoms with E-state index in [0.29, 0.717) is 24.0 Å². The van der Waals surface area contributed by atoms with Gasteiger partial charge in [-0.3, -0.25) is 4.79 Å². The first kappa shape index (κ1) is 22.6. The van der Waals surface area contributed by atoms with E-state index in [2.05, 4.69) is 17.1 Å². The average Bonchev–Trinajstić information content (AvgIpc) is 2.81. The fourth-order valence-electron chi connectivity index (χ4n) is 5.27. The fraction of sp³-hybridized carbons (Fsp3) is 0.500. The third-order valence-corrected chi connectivity index (χ3v) is 7.06. The van der Waals surface area contributed by atoms with Crippen molar-refractivity contribution in [1.29, 1.82) is 0 Å². The molecule has 0 bridgehead atoms. The number of halogens is 1. The number of carbonyl (C=O) groups excluding carboxylic acids is 1. The van der Waals surface area contributed by atoms with Crippen LogP contribution in [0.4, 0.5) is 10.1 Å². The first-order chi connectivity index (χ1) is 15.5. The third kappa shape index (κ3) is 4.90. The van der Waals surface area contributed by atoms with Crippen LogP contribution in [0.15, 0.2) is 42.5 Å². The van der Waals surface area contributed by atoms with Crippen molar-refractivity contribution in [3.8, 4) is 5.75 Å². The summed E-state index contributed by atoms with van der Waals surface area (Å²) in [6.45, 7) is 3.84. The second kappa shape index (κ2) is 9.90. The molecule has 1 amide bonds. The van der Waals surface area contributed by atoms with Gasteiger partial charge in [-0.15, -0.1) is 0 Å². The molecule has 2 atom stereocenters. The van der Waals surface area contributed by atoms with Crippen LogP contribution in [-0.4, -0.2) is 37.2 Å². The molecule has 32 heavy (non-hydrogen) atoms. The van der Waals surface area contributed by atoms with Gasteiger partial charge in [0.05, 0.1) is 19.4 Å². The smallest absolute Gasteiger partial charge is 0.254 e. The fourth-order valence-corrected chi connectivity index (χ4v) is 5.27. The van der Waals surface area contributed by atoms with Crippen molar-refractivity contribution in [2.24, 2.45) is 5.41 Å². The summed E-state index contributed by atoms with van der Waals surface area (Å²) in [5.74, 6) is 0.453. The molecule has 172 valence electrons. The van der Waals surface area contributed by atoms with Crippen LogP contribution in [-0.2, 0) is 11.3 Å². The van der Waals surface area contributed by atoms with E-state index in [1.165, 1.54) is 37.8 Å². The van der Waals surface area contributed by atoms with Crippen LogP contribution in [0.3, 0.4) is 0 Å². The molecular weight excluding hydrogens is 407 g/mol. The van der Waals surface area contributed by atoms with E-state index in [1.54, 1.807) is 19.2 Å². The normalized spacial score (nSPS) is 22.8. The molecule has 1 heterocycles. The zero-order chi connectivity index (χ0) is 22.6. The summed E-state index contributed by atoms with van der Waals surface area (Å²) in [4.78, 5) is 15.5. The summed E-state index contributed by atoms with van der Waals surface area (Å²) >= 11 is 0. The van der Waals surface area contributed by atoms with Crippen LogP contribution in [0, 0.1) is 11.2 Å². The number of amides is 1. The van der Waals surface area contributed by atoms with E-state index >= 15 is 0 Å². The number of nitrogens with one attached hydrogen (secondary N) is 1. The molecule has 5 nitrogen and oxygen atoms in total. The Balaban J connectivity index is 1.39. The van der Waals surface area contributed by atoms with Crippen molar-refractivity contribution in [3.63, 3.8) is 0 Å². The zero-order valence-corrected chi connectivity index (χ0v) is 19.0. The number of nitrogens with zero attached hydrogens (tertiary/aromatic N) is 1. The minimum atomic E-state index is -0.260. The number of ether oxygens (including phenoxy) is 2. The van der Waals surface area contributed by atoms with E-state index < -0.39 is 0 Å². The Morgan fingerprint density at radius 2 is 1.94 bits per heavy atom. The highest BCUT2D eigenvalue weighted by Gasteiger charge is 2.44. The summed E-state index contributed by atoms with van der Waals surface area (Å²) in [5.41, 5.74) is 2.58. The van der Waals surface area contributed by atoms with Crippen molar-refractivity contribution >= 4 is 11.6 Å². The van der Waals surface area contributed by atoms with Crippen LogP contribution in [0.25, 0.3) is 0 Å². The number of methoxy groups -OCH3 is 1. The van der Waals surface area contributed by atoms with Gasteiger partial charge in [0.1, 0.15) is 18.3 Å². The Morgan fingerprint density at radius 1 is 1.16 bits per heavy atom. The minimum Gasteiger partial charge on any atom is -0.495 e. The first-order valence-electron chi connectivity index (χ1n) is 11.6. The van der Waals surface area contributed by atoms with Crippen LogP contribution in [0.2, 0.25) is 0 Å². The van der Waals surface area contributed by atoms with Gasteiger partial charge in [-0.2, -0.15) is 0 Å². The van der Waals surface area contributed by atoms with Gasteiger partial charge in [0.25, 0.3) is 5.91 Å². The highest BCUT2D eigenvalue weighted by Crippen LogP contribution is 2.46. The number of carbonyl (C=O) groups is 1. The van der Waals surface area contributed by atoms with Gasteiger partial charge in [0.15, 0.2) is 0 Å². The molecule has 1 N–H and O–H groups in total. The topological polar surface area (TPSA) is 50.8 Å². The number of hydrogen-bond acceptors (Lipinski definition) is 4. The third-order valence-electron chi connectivity index (χ3n) is 7.06. The van der Waals surface area contributed by atoms with Crippen molar-refractivity contribution < 1.29 is 18.7 Å². The Labute approximate surface area is 189 Å². The number of piperidine rings is 1. The van der Waals surface area contributed by atoms with Crippen molar-refractivity contribution in [2.45, 2.75) is 58.1 Å². The molecule has 2 aromatic rings. The molecule has 0 radical (unpaired) electrons. The van der Waals surface area contributed by atoms with Crippen LogP contribution in [0.5, 0.6) is 5.75 Å². The van der Waals surface area contributed by atoms with Gasteiger partial charge in [0, 0.05) is 18.2 Å². The van der Waals surface area contributed by atoms with Gasteiger partial charge in [-0.25, -0.2) is 4.39 Å². The number of anilines is 1. The van der Waals surface area contributed by atoms with Crippen LogP contribution in [0.1, 0.15) is 61.4 Å². The van der Waals surface area contributed by atoms with Crippen molar-refractivity contribution in [3.05, 3.63) is 59.4 Å². The molecular formula is C26H33FN2O3. The predicted molar refractivity (Wildman–Crippen MR) is 123 cm³/mol. The van der Waals surface area contributed by atoms with Gasteiger partial charge in [-0.05, 0) is 67.0 Å². The number of benzene rings is 2. The molecule has 2 unspecified atom stereocenters.